The second-order valence-electron chi connectivity index (χ2n) is 5.66. The van der Waals surface area contributed by atoms with E-state index in [-0.39, 0.29) is 29.9 Å². The number of amides is 1. The van der Waals surface area contributed by atoms with E-state index in [1.165, 1.54) is 4.88 Å². The van der Waals surface area contributed by atoms with Crippen LogP contribution in [0.1, 0.15) is 26.7 Å². The van der Waals surface area contributed by atoms with Gasteiger partial charge in [0.2, 0.25) is 0 Å². The molecule has 3 N–H and O–H groups in total. The molecule has 0 saturated heterocycles. The van der Waals surface area contributed by atoms with Gasteiger partial charge in [0.05, 0.1) is 5.01 Å². The number of aliphatic imine (C=N–C) groups is 1. The average Bonchev–Trinajstić information content (AvgIpc) is 3.05. The molecule has 1 heterocycles. The SMILES string of the molecule is CN=C(NCCCNC(=O)c1ccc(Br)cc1)NCCc1ncc(C)s1.I. The number of carbonyl (C=O) groups is 1. The number of nitrogens with one attached hydrogen (secondary N) is 3. The number of nitrogens with zero attached hydrogens (tertiary/aromatic N) is 2. The van der Waals surface area contributed by atoms with Crippen molar-refractivity contribution in [3.63, 3.8) is 0 Å². The van der Waals surface area contributed by atoms with Crippen LogP contribution >= 0.6 is 51.2 Å². The van der Waals surface area contributed by atoms with Crippen LogP contribution < -0.4 is 16.0 Å². The molecule has 6 nitrogen and oxygen atoms in total. The minimum absolute atomic E-state index is 0. The van der Waals surface area contributed by atoms with E-state index >= 15 is 0 Å². The van der Waals surface area contributed by atoms with Gasteiger partial charge in [0.15, 0.2) is 5.96 Å². The average molecular weight is 566 g/mol. The molecule has 148 valence electrons. The Labute approximate surface area is 189 Å². The quantitative estimate of drug-likeness (QED) is 0.198. The van der Waals surface area contributed by atoms with Gasteiger partial charge in [0.1, 0.15) is 0 Å². The summed E-state index contributed by atoms with van der Waals surface area (Å²) in [5.41, 5.74) is 0.663. The first-order valence-corrected chi connectivity index (χ1v) is 10.1. The smallest absolute Gasteiger partial charge is 0.251 e. The monoisotopic (exact) mass is 565 g/mol. The molecule has 0 aliphatic rings. The van der Waals surface area contributed by atoms with Gasteiger partial charge in [-0.25, -0.2) is 4.98 Å². The summed E-state index contributed by atoms with van der Waals surface area (Å²) < 4.78 is 0.960. The third-order valence-electron chi connectivity index (χ3n) is 3.56. The molecule has 2 rings (SSSR count). The standard InChI is InChI=1S/C18H24BrN5OS.HI/c1-13-12-24-16(26-13)8-11-23-18(20-2)22-10-3-9-21-17(25)14-4-6-15(19)7-5-14;/h4-7,12H,3,8-11H2,1-2H3,(H,21,25)(H2,20,22,23);1H. The van der Waals surface area contributed by atoms with Crippen LogP contribution in [-0.4, -0.2) is 43.5 Å². The first-order chi connectivity index (χ1) is 12.6. The Balaban J connectivity index is 0.00000364. The second-order valence-corrected chi connectivity index (χ2v) is 7.89. The topological polar surface area (TPSA) is 78.4 Å². The van der Waals surface area contributed by atoms with Gasteiger partial charge in [-0.15, -0.1) is 35.3 Å². The molecule has 0 fully saturated rings. The summed E-state index contributed by atoms with van der Waals surface area (Å²) in [4.78, 5) is 21.8. The van der Waals surface area contributed by atoms with Crippen molar-refractivity contribution >= 4 is 63.1 Å². The van der Waals surface area contributed by atoms with Gasteiger partial charge < -0.3 is 16.0 Å². The number of hydrogen-bond donors (Lipinski definition) is 3. The third kappa shape index (κ3) is 9.02. The fourth-order valence-electron chi connectivity index (χ4n) is 2.23. The van der Waals surface area contributed by atoms with Crippen molar-refractivity contribution in [3.8, 4) is 0 Å². The Hall–Kier alpha value is -1.20. The van der Waals surface area contributed by atoms with E-state index in [2.05, 4.69) is 48.8 Å². The molecule has 1 aromatic heterocycles. The van der Waals surface area contributed by atoms with E-state index in [9.17, 15) is 4.79 Å². The summed E-state index contributed by atoms with van der Waals surface area (Å²) in [6.45, 7) is 4.19. The Morgan fingerprint density at radius 1 is 1.15 bits per heavy atom. The van der Waals surface area contributed by atoms with Crippen LogP contribution in [0.5, 0.6) is 0 Å². The van der Waals surface area contributed by atoms with Crippen molar-refractivity contribution in [3.05, 3.63) is 50.4 Å². The summed E-state index contributed by atoms with van der Waals surface area (Å²) in [5.74, 6) is 0.705. The largest absolute Gasteiger partial charge is 0.356 e. The van der Waals surface area contributed by atoms with Crippen LogP contribution in [0, 0.1) is 6.92 Å². The molecule has 2 aromatic rings. The first kappa shape index (κ1) is 23.8. The van der Waals surface area contributed by atoms with Crippen LogP contribution in [0.2, 0.25) is 0 Å². The summed E-state index contributed by atoms with van der Waals surface area (Å²) in [7, 11) is 1.75. The molecule has 1 amide bonds. The number of hydrogen-bond acceptors (Lipinski definition) is 4. The summed E-state index contributed by atoms with van der Waals surface area (Å²) >= 11 is 5.08. The molecular formula is C18H25BrIN5OS. The number of aryl methyl sites for hydroxylation is 1. The molecule has 0 aliphatic carbocycles. The maximum absolute atomic E-state index is 12.0. The Morgan fingerprint density at radius 2 is 1.81 bits per heavy atom. The predicted octanol–water partition coefficient (Wildman–Crippen LogP) is 3.36. The van der Waals surface area contributed by atoms with E-state index in [0.717, 1.165) is 41.4 Å². The molecule has 9 heteroatoms. The molecule has 0 atom stereocenters. The minimum atomic E-state index is -0.0567. The van der Waals surface area contributed by atoms with E-state index < -0.39 is 0 Å². The highest BCUT2D eigenvalue weighted by atomic mass is 127. The fraction of sp³-hybridized carbons (Fsp3) is 0.389. The van der Waals surface area contributed by atoms with Crippen molar-refractivity contribution < 1.29 is 4.79 Å². The third-order valence-corrected chi connectivity index (χ3v) is 5.06. The maximum Gasteiger partial charge on any atom is 0.251 e. The number of halogens is 2. The number of guanidine groups is 1. The molecule has 0 aliphatic heterocycles. The van der Waals surface area contributed by atoms with Crippen LogP contribution in [0.4, 0.5) is 0 Å². The minimum Gasteiger partial charge on any atom is -0.356 e. The number of benzene rings is 1. The molecule has 27 heavy (non-hydrogen) atoms. The van der Waals surface area contributed by atoms with E-state index in [1.54, 1.807) is 30.5 Å². The number of carbonyl (C=O) groups excluding carboxylic acids is 1. The van der Waals surface area contributed by atoms with Crippen LogP contribution in [0.3, 0.4) is 0 Å². The highest BCUT2D eigenvalue weighted by Crippen LogP contribution is 2.11. The van der Waals surface area contributed by atoms with Crippen LogP contribution in [-0.2, 0) is 6.42 Å². The van der Waals surface area contributed by atoms with Crippen molar-refractivity contribution in [1.82, 2.24) is 20.9 Å². The highest BCUT2D eigenvalue weighted by molar-refractivity contribution is 14.0. The highest BCUT2D eigenvalue weighted by Gasteiger charge is 2.04. The zero-order valence-electron chi connectivity index (χ0n) is 15.4. The van der Waals surface area contributed by atoms with Crippen molar-refractivity contribution in [2.24, 2.45) is 4.99 Å². The van der Waals surface area contributed by atoms with Gasteiger partial charge in [-0.3, -0.25) is 9.79 Å². The van der Waals surface area contributed by atoms with Gasteiger partial charge in [-0.2, -0.15) is 0 Å². The van der Waals surface area contributed by atoms with Crippen molar-refractivity contribution in [2.75, 3.05) is 26.7 Å². The number of thiazole rings is 1. The normalized spacial score (nSPS) is 10.9. The Kier molecular flexibility index (Phi) is 11.5. The lowest BCUT2D eigenvalue weighted by atomic mass is 10.2. The van der Waals surface area contributed by atoms with E-state index in [1.807, 2.05) is 18.3 Å². The molecule has 0 spiro atoms. The van der Waals surface area contributed by atoms with Crippen LogP contribution in [0.15, 0.2) is 39.9 Å². The van der Waals surface area contributed by atoms with Crippen LogP contribution in [0.25, 0.3) is 0 Å². The first-order valence-electron chi connectivity index (χ1n) is 8.48. The Morgan fingerprint density at radius 3 is 2.44 bits per heavy atom. The van der Waals surface area contributed by atoms with Gasteiger partial charge >= 0.3 is 0 Å². The molecule has 0 saturated carbocycles. The zero-order valence-corrected chi connectivity index (χ0v) is 20.2. The van der Waals surface area contributed by atoms with Crippen molar-refractivity contribution in [2.45, 2.75) is 19.8 Å². The summed E-state index contributed by atoms with van der Waals surface area (Å²) in [6, 6.07) is 7.32. The molecule has 0 bridgehead atoms. The maximum atomic E-state index is 12.0. The Bertz CT molecular complexity index is 736. The van der Waals surface area contributed by atoms with E-state index in [0.29, 0.717) is 12.1 Å². The molecule has 1 aromatic carbocycles. The molecular weight excluding hydrogens is 541 g/mol. The summed E-state index contributed by atoms with van der Waals surface area (Å²) in [5, 5.41) is 10.6. The zero-order chi connectivity index (χ0) is 18.8. The number of aromatic nitrogens is 1. The predicted molar refractivity (Wildman–Crippen MR) is 126 cm³/mol. The lowest BCUT2D eigenvalue weighted by molar-refractivity contribution is 0.0953. The van der Waals surface area contributed by atoms with Crippen molar-refractivity contribution in [1.29, 1.82) is 0 Å². The lowest BCUT2D eigenvalue weighted by Gasteiger charge is -2.11. The van der Waals surface area contributed by atoms with Gasteiger partial charge in [-0.1, -0.05) is 15.9 Å². The van der Waals surface area contributed by atoms with Gasteiger partial charge in [0, 0.05) is 54.2 Å². The molecule has 0 unspecified atom stereocenters. The molecule has 0 radical (unpaired) electrons. The summed E-state index contributed by atoms with van der Waals surface area (Å²) in [6.07, 6.45) is 3.59. The lowest BCUT2D eigenvalue weighted by Crippen LogP contribution is -2.39. The fourth-order valence-corrected chi connectivity index (χ4v) is 3.28. The van der Waals surface area contributed by atoms with Gasteiger partial charge in [0.25, 0.3) is 5.91 Å². The number of rotatable bonds is 8. The second kappa shape index (κ2) is 13.1. The van der Waals surface area contributed by atoms with Gasteiger partial charge in [-0.05, 0) is 37.6 Å². The van der Waals surface area contributed by atoms with E-state index in [4.69, 9.17) is 0 Å².